The molecule has 2 aromatic rings. The summed E-state index contributed by atoms with van der Waals surface area (Å²) in [4.78, 5) is 12.3. The highest BCUT2D eigenvalue weighted by Gasteiger charge is 2.22. The molecule has 1 aliphatic carbocycles. The maximum Gasteiger partial charge on any atom is 0.241 e. The Bertz CT molecular complexity index is 1010. The van der Waals surface area contributed by atoms with Crippen LogP contribution in [0.2, 0.25) is 0 Å². The fourth-order valence-corrected chi connectivity index (χ4v) is 4.61. The number of hydrogen-bond donors (Lipinski definition) is 2. The average Bonchev–Trinajstić information content (AvgIpc) is 2.76. The van der Waals surface area contributed by atoms with E-state index >= 15 is 0 Å². The lowest BCUT2D eigenvalue weighted by atomic mass is 9.92. The van der Waals surface area contributed by atoms with Crippen LogP contribution < -0.4 is 19.5 Å². The van der Waals surface area contributed by atoms with Crippen molar-refractivity contribution in [2.75, 3.05) is 19.7 Å². The summed E-state index contributed by atoms with van der Waals surface area (Å²) in [7, 11) is -3.74. The van der Waals surface area contributed by atoms with Gasteiger partial charge in [0.05, 0.1) is 18.0 Å². The van der Waals surface area contributed by atoms with Crippen molar-refractivity contribution in [1.29, 1.82) is 0 Å². The molecule has 2 N–H and O–H groups in total. The fourth-order valence-electron chi connectivity index (χ4n) is 3.57. The molecule has 7 nitrogen and oxygen atoms in total. The molecule has 0 radical (unpaired) electrons. The van der Waals surface area contributed by atoms with E-state index in [4.69, 9.17) is 9.47 Å². The molecule has 0 aromatic heterocycles. The summed E-state index contributed by atoms with van der Waals surface area (Å²) in [5, 5.41) is 2.69. The molecule has 0 saturated heterocycles. The van der Waals surface area contributed by atoms with Crippen molar-refractivity contribution in [3.63, 3.8) is 0 Å². The highest BCUT2D eigenvalue weighted by molar-refractivity contribution is 7.89. The van der Waals surface area contributed by atoms with Crippen LogP contribution in [0.3, 0.4) is 0 Å². The summed E-state index contributed by atoms with van der Waals surface area (Å²) in [5.41, 5.74) is 2.29. The van der Waals surface area contributed by atoms with Crippen LogP contribution in [0.4, 0.5) is 0 Å². The van der Waals surface area contributed by atoms with Gasteiger partial charge in [-0.05, 0) is 61.1 Å². The highest BCUT2D eigenvalue weighted by Crippen LogP contribution is 2.30. The Morgan fingerprint density at radius 1 is 1.03 bits per heavy atom. The Hall–Kier alpha value is -2.58. The average molecular weight is 416 g/mol. The smallest absolute Gasteiger partial charge is 0.241 e. The van der Waals surface area contributed by atoms with E-state index in [1.54, 1.807) is 18.2 Å². The van der Waals surface area contributed by atoms with Gasteiger partial charge >= 0.3 is 0 Å². The minimum Gasteiger partial charge on any atom is -0.486 e. The van der Waals surface area contributed by atoms with E-state index in [-0.39, 0.29) is 24.1 Å². The van der Waals surface area contributed by atoms with E-state index in [0.29, 0.717) is 18.1 Å². The molecule has 0 spiro atoms. The number of ether oxygens (including phenoxy) is 2. The number of carbonyl (C=O) groups is 1. The molecule has 2 aromatic carbocycles. The van der Waals surface area contributed by atoms with Crippen LogP contribution >= 0.6 is 0 Å². The van der Waals surface area contributed by atoms with E-state index in [2.05, 4.69) is 10.0 Å². The van der Waals surface area contributed by atoms with Gasteiger partial charge in [-0.15, -0.1) is 0 Å². The van der Waals surface area contributed by atoms with Gasteiger partial charge in [0.25, 0.3) is 0 Å². The number of benzene rings is 2. The molecular weight excluding hydrogens is 392 g/mol. The monoisotopic (exact) mass is 416 g/mol. The molecule has 1 amide bonds. The highest BCUT2D eigenvalue weighted by atomic mass is 32.2. The molecule has 2 aliphatic rings. The number of amides is 1. The van der Waals surface area contributed by atoms with Crippen molar-refractivity contribution in [3.05, 3.63) is 53.6 Å². The Kier molecular flexibility index (Phi) is 5.73. The number of para-hydroxylation sites is 2. The van der Waals surface area contributed by atoms with Gasteiger partial charge in [-0.25, -0.2) is 13.1 Å². The van der Waals surface area contributed by atoms with Gasteiger partial charge in [0.15, 0.2) is 11.5 Å². The SMILES string of the molecule is O=C(CNS(=O)(=O)c1ccc2c(c1)CCCC2)NCC1COc2ccccc2O1. The van der Waals surface area contributed by atoms with Gasteiger partial charge in [0, 0.05) is 0 Å². The molecule has 29 heavy (non-hydrogen) atoms. The van der Waals surface area contributed by atoms with Crippen LogP contribution in [0.5, 0.6) is 11.5 Å². The maximum atomic E-state index is 12.5. The lowest BCUT2D eigenvalue weighted by molar-refractivity contribution is -0.120. The predicted octanol–water partition coefficient (Wildman–Crippen LogP) is 1.80. The first kappa shape index (κ1) is 19.7. The second kappa shape index (κ2) is 8.42. The lowest BCUT2D eigenvalue weighted by Crippen LogP contribution is -2.44. The van der Waals surface area contributed by atoms with Crippen molar-refractivity contribution in [2.45, 2.75) is 36.7 Å². The van der Waals surface area contributed by atoms with Gasteiger partial charge in [0.2, 0.25) is 15.9 Å². The second-order valence-electron chi connectivity index (χ2n) is 7.26. The largest absolute Gasteiger partial charge is 0.486 e. The first-order chi connectivity index (χ1) is 14.0. The summed E-state index contributed by atoms with van der Waals surface area (Å²) in [5.74, 6) is 0.882. The third kappa shape index (κ3) is 4.71. The van der Waals surface area contributed by atoms with E-state index in [9.17, 15) is 13.2 Å². The van der Waals surface area contributed by atoms with Crippen LogP contribution in [0, 0.1) is 0 Å². The summed E-state index contributed by atoms with van der Waals surface area (Å²) >= 11 is 0. The van der Waals surface area contributed by atoms with Gasteiger partial charge < -0.3 is 14.8 Å². The van der Waals surface area contributed by atoms with E-state index < -0.39 is 15.9 Å². The van der Waals surface area contributed by atoms with E-state index in [1.807, 2.05) is 24.3 Å². The van der Waals surface area contributed by atoms with Crippen LogP contribution in [-0.2, 0) is 27.7 Å². The summed E-state index contributed by atoms with van der Waals surface area (Å²) in [6.07, 6.45) is 3.77. The van der Waals surface area contributed by atoms with Crippen LogP contribution in [0.1, 0.15) is 24.0 Å². The minimum atomic E-state index is -3.74. The number of rotatable bonds is 6. The minimum absolute atomic E-state index is 0.201. The number of carbonyl (C=O) groups excluding carboxylic acids is 1. The Balaban J connectivity index is 1.28. The number of aryl methyl sites for hydroxylation is 2. The van der Waals surface area contributed by atoms with Crippen LogP contribution in [0.15, 0.2) is 47.4 Å². The van der Waals surface area contributed by atoms with Gasteiger partial charge in [0.1, 0.15) is 12.7 Å². The molecule has 8 heteroatoms. The van der Waals surface area contributed by atoms with E-state index in [0.717, 1.165) is 31.2 Å². The number of hydrogen-bond acceptors (Lipinski definition) is 5. The molecule has 1 unspecified atom stereocenters. The van der Waals surface area contributed by atoms with Crippen molar-refractivity contribution >= 4 is 15.9 Å². The first-order valence-corrected chi connectivity index (χ1v) is 11.3. The standard InChI is InChI=1S/C21H24N2O5S/c24-21(22-12-17-14-27-19-7-3-4-8-20(19)28-17)13-23-29(25,26)18-10-9-15-5-1-2-6-16(15)11-18/h3-4,7-11,17,23H,1-2,5-6,12-14H2,(H,22,24). The zero-order valence-electron chi connectivity index (χ0n) is 16.0. The third-order valence-electron chi connectivity index (χ3n) is 5.15. The fraction of sp³-hybridized carbons (Fsp3) is 0.381. The van der Waals surface area contributed by atoms with Crippen molar-refractivity contribution in [1.82, 2.24) is 10.0 Å². The maximum absolute atomic E-state index is 12.5. The van der Waals surface area contributed by atoms with Gasteiger partial charge in [-0.2, -0.15) is 0 Å². The number of nitrogens with one attached hydrogen (secondary N) is 2. The van der Waals surface area contributed by atoms with Crippen molar-refractivity contribution in [2.24, 2.45) is 0 Å². The molecule has 0 saturated carbocycles. The Morgan fingerprint density at radius 2 is 1.79 bits per heavy atom. The van der Waals surface area contributed by atoms with Crippen LogP contribution in [0.25, 0.3) is 0 Å². The molecule has 154 valence electrons. The third-order valence-corrected chi connectivity index (χ3v) is 6.55. The zero-order valence-corrected chi connectivity index (χ0v) is 16.8. The number of sulfonamides is 1. The van der Waals surface area contributed by atoms with Crippen molar-refractivity contribution < 1.29 is 22.7 Å². The van der Waals surface area contributed by atoms with Gasteiger partial charge in [-0.3, -0.25) is 4.79 Å². The summed E-state index contributed by atoms with van der Waals surface area (Å²) < 4.78 is 38.8. The molecule has 1 atom stereocenters. The summed E-state index contributed by atoms with van der Waals surface area (Å²) in [6.45, 7) is 0.218. The Labute approximate surface area is 170 Å². The van der Waals surface area contributed by atoms with Gasteiger partial charge in [-0.1, -0.05) is 18.2 Å². The normalized spacial score (nSPS) is 18.0. The number of fused-ring (bicyclic) bond motifs is 2. The Morgan fingerprint density at radius 3 is 2.62 bits per heavy atom. The molecule has 0 bridgehead atoms. The predicted molar refractivity (Wildman–Crippen MR) is 108 cm³/mol. The molecular formula is C21H24N2O5S. The lowest BCUT2D eigenvalue weighted by Gasteiger charge is -2.26. The topological polar surface area (TPSA) is 93.7 Å². The zero-order chi connectivity index (χ0) is 20.3. The second-order valence-corrected chi connectivity index (χ2v) is 9.03. The van der Waals surface area contributed by atoms with Crippen LogP contribution in [-0.4, -0.2) is 40.1 Å². The molecule has 4 rings (SSSR count). The summed E-state index contributed by atoms with van der Waals surface area (Å²) in [6, 6.07) is 12.5. The quantitative estimate of drug-likeness (QED) is 0.749. The molecule has 1 aliphatic heterocycles. The molecule has 0 fully saturated rings. The first-order valence-electron chi connectivity index (χ1n) is 9.78. The van der Waals surface area contributed by atoms with E-state index in [1.165, 1.54) is 5.56 Å². The molecule has 1 heterocycles. The van der Waals surface area contributed by atoms with Crippen molar-refractivity contribution in [3.8, 4) is 11.5 Å².